The lowest BCUT2D eigenvalue weighted by molar-refractivity contribution is -0.0273. The first kappa shape index (κ1) is 6.99. The first-order valence-electron chi connectivity index (χ1n) is 3.26. The van der Waals surface area contributed by atoms with Crippen molar-refractivity contribution in [3.05, 3.63) is 0 Å². The SMILES string of the molecule is CO[C@H]1CNCC[C@H]1O. The first-order valence-corrected chi connectivity index (χ1v) is 3.26. The zero-order valence-electron chi connectivity index (χ0n) is 5.63. The topological polar surface area (TPSA) is 41.5 Å². The van der Waals surface area contributed by atoms with E-state index >= 15 is 0 Å². The lowest BCUT2D eigenvalue weighted by Gasteiger charge is -2.26. The van der Waals surface area contributed by atoms with Gasteiger partial charge in [0.2, 0.25) is 0 Å². The Morgan fingerprint density at radius 2 is 2.44 bits per heavy atom. The van der Waals surface area contributed by atoms with Crippen LogP contribution < -0.4 is 5.32 Å². The lowest BCUT2D eigenvalue weighted by atomic mass is 10.1. The van der Waals surface area contributed by atoms with Gasteiger partial charge in [-0.15, -0.1) is 0 Å². The molecule has 1 aliphatic heterocycles. The van der Waals surface area contributed by atoms with Crippen LogP contribution in [0.1, 0.15) is 6.42 Å². The zero-order valence-corrected chi connectivity index (χ0v) is 5.63. The summed E-state index contributed by atoms with van der Waals surface area (Å²) >= 11 is 0. The maximum atomic E-state index is 9.20. The van der Waals surface area contributed by atoms with Gasteiger partial charge in [-0.2, -0.15) is 0 Å². The number of aliphatic hydroxyl groups excluding tert-OH is 1. The van der Waals surface area contributed by atoms with E-state index in [-0.39, 0.29) is 12.2 Å². The third kappa shape index (κ3) is 1.64. The van der Waals surface area contributed by atoms with Crippen molar-refractivity contribution < 1.29 is 9.84 Å². The average molecular weight is 131 g/mol. The summed E-state index contributed by atoms with van der Waals surface area (Å²) < 4.78 is 4.99. The van der Waals surface area contributed by atoms with Gasteiger partial charge in [0.1, 0.15) is 0 Å². The molecule has 3 nitrogen and oxygen atoms in total. The highest BCUT2D eigenvalue weighted by atomic mass is 16.5. The fourth-order valence-corrected chi connectivity index (χ4v) is 1.06. The van der Waals surface area contributed by atoms with Crippen LogP contribution in [-0.2, 0) is 4.74 Å². The second-order valence-corrected chi connectivity index (χ2v) is 2.33. The summed E-state index contributed by atoms with van der Waals surface area (Å²) in [4.78, 5) is 0. The van der Waals surface area contributed by atoms with Crippen molar-refractivity contribution in [2.75, 3.05) is 20.2 Å². The predicted molar refractivity (Wildman–Crippen MR) is 34.3 cm³/mol. The summed E-state index contributed by atoms with van der Waals surface area (Å²) in [5, 5.41) is 12.3. The summed E-state index contributed by atoms with van der Waals surface area (Å²) in [5.74, 6) is 0. The van der Waals surface area contributed by atoms with Crippen molar-refractivity contribution in [1.82, 2.24) is 5.32 Å². The van der Waals surface area contributed by atoms with Crippen LogP contribution in [0.4, 0.5) is 0 Å². The molecule has 0 aliphatic carbocycles. The number of ether oxygens (including phenoxy) is 1. The van der Waals surface area contributed by atoms with Gasteiger partial charge in [0.25, 0.3) is 0 Å². The van der Waals surface area contributed by atoms with Gasteiger partial charge < -0.3 is 15.2 Å². The molecule has 0 aromatic heterocycles. The minimum absolute atomic E-state index is 0.00116. The van der Waals surface area contributed by atoms with Crippen LogP contribution >= 0.6 is 0 Å². The Hall–Kier alpha value is -0.120. The minimum atomic E-state index is -0.267. The standard InChI is InChI=1S/C6H13NO2/c1-9-6-4-7-3-2-5(6)8/h5-8H,2-4H2,1H3/t5-,6+/m1/s1. The highest BCUT2D eigenvalue weighted by Crippen LogP contribution is 2.05. The van der Waals surface area contributed by atoms with Gasteiger partial charge in [0, 0.05) is 13.7 Å². The van der Waals surface area contributed by atoms with Gasteiger partial charge in [-0.3, -0.25) is 0 Å². The highest BCUT2D eigenvalue weighted by molar-refractivity contribution is 4.76. The molecule has 2 atom stereocenters. The third-order valence-electron chi connectivity index (χ3n) is 1.69. The lowest BCUT2D eigenvalue weighted by Crippen LogP contribution is -2.44. The van der Waals surface area contributed by atoms with Gasteiger partial charge in [0.15, 0.2) is 0 Å². The molecule has 54 valence electrons. The van der Waals surface area contributed by atoms with E-state index in [1.807, 2.05) is 0 Å². The predicted octanol–water partition coefficient (Wildman–Crippen LogP) is -0.644. The Morgan fingerprint density at radius 3 is 2.89 bits per heavy atom. The molecule has 1 aliphatic rings. The number of methoxy groups -OCH3 is 1. The van der Waals surface area contributed by atoms with Crippen LogP contribution in [-0.4, -0.2) is 37.5 Å². The molecular weight excluding hydrogens is 118 g/mol. The van der Waals surface area contributed by atoms with Gasteiger partial charge in [-0.25, -0.2) is 0 Å². The molecule has 9 heavy (non-hydrogen) atoms. The summed E-state index contributed by atoms with van der Waals surface area (Å²) in [6.45, 7) is 1.68. The molecule has 0 spiro atoms. The van der Waals surface area contributed by atoms with Gasteiger partial charge >= 0.3 is 0 Å². The van der Waals surface area contributed by atoms with Crippen LogP contribution in [0.25, 0.3) is 0 Å². The van der Waals surface area contributed by atoms with Crippen LogP contribution in [0.2, 0.25) is 0 Å². The minimum Gasteiger partial charge on any atom is -0.390 e. The molecular formula is C6H13NO2. The molecule has 2 N–H and O–H groups in total. The molecule has 1 saturated heterocycles. The van der Waals surface area contributed by atoms with E-state index < -0.39 is 0 Å². The Kier molecular flexibility index (Phi) is 2.45. The molecule has 0 unspecified atom stereocenters. The van der Waals surface area contributed by atoms with Crippen molar-refractivity contribution >= 4 is 0 Å². The molecule has 0 aromatic rings. The van der Waals surface area contributed by atoms with E-state index in [1.165, 1.54) is 0 Å². The van der Waals surface area contributed by atoms with Crippen LogP contribution in [0.15, 0.2) is 0 Å². The van der Waals surface area contributed by atoms with E-state index in [4.69, 9.17) is 4.74 Å². The van der Waals surface area contributed by atoms with Crippen LogP contribution in [0.3, 0.4) is 0 Å². The number of hydrogen-bond acceptors (Lipinski definition) is 3. The number of nitrogens with one attached hydrogen (secondary N) is 1. The normalized spacial score (nSPS) is 36.7. The van der Waals surface area contributed by atoms with Crippen LogP contribution in [0.5, 0.6) is 0 Å². The van der Waals surface area contributed by atoms with Crippen molar-refractivity contribution in [2.24, 2.45) is 0 Å². The summed E-state index contributed by atoms with van der Waals surface area (Å²) in [6, 6.07) is 0. The van der Waals surface area contributed by atoms with E-state index in [9.17, 15) is 5.11 Å². The fourth-order valence-electron chi connectivity index (χ4n) is 1.06. The molecule has 0 aromatic carbocycles. The first-order chi connectivity index (χ1) is 4.34. The van der Waals surface area contributed by atoms with Crippen molar-refractivity contribution in [3.8, 4) is 0 Å². The molecule has 1 rings (SSSR count). The Morgan fingerprint density at radius 1 is 1.67 bits per heavy atom. The Balaban J connectivity index is 2.30. The molecule has 1 fully saturated rings. The molecule has 1 heterocycles. The largest absolute Gasteiger partial charge is 0.390 e. The summed E-state index contributed by atoms with van der Waals surface area (Å²) in [5.41, 5.74) is 0. The molecule has 0 saturated carbocycles. The second-order valence-electron chi connectivity index (χ2n) is 2.33. The third-order valence-corrected chi connectivity index (χ3v) is 1.69. The van der Waals surface area contributed by atoms with Gasteiger partial charge in [0.05, 0.1) is 12.2 Å². The molecule has 0 bridgehead atoms. The van der Waals surface area contributed by atoms with Crippen molar-refractivity contribution in [1.29, 1.82) is 0 Å². The van der Waals surface area contributed by atoms with E-state index in [0.29, 0.717) is 0 Å². The quantitative estimate of drug-likeness (QED) is 0.497. The van der Waals surface area contributed by atoms with E-state index in [1.54, 1.807) is 7.11 Å². The molecule has 0 radical (unpaired) electrons. The number of hydrogen-bond donors (Lipinski definition) is 2. The zero-order chi connectivity index (χ0) is 6.69. The second kappa shape index (κ2) is 3.15. The number of rotatable bonds is 1. The fraction of sp³-hybridized carbons (Fsp3) is 1.00. The monoisotopic (exact) mass is 131 g/mol. The maximum absolute atomic E-state index is 9.20. The van der Waals surface area contributed by atoms with Crippen molar-refractivity contribution in [3.63, 3.8) is 0 Å². The highest BCUT2D eigenvalue weighted by Gasteiger charge is 2.21. The number of aliphatic hydroxyl groups is 1. The van der Waals surface area contributed by atoms with E-state index in [2.05, 4.69) is 5.32 Å². The Labute approximate surface area is 55.0 Å². The maximum Gasteiger partial charge on any atom is 0.0954 e. The number of piperidine rings is 1. The van der Waals surface area contributed by atoms with Crippen LogP contribution in [0, 0.1) is 0 Å². The van der Waals surface area contributed by atoms with Gasteiger partial charge in [-0.05, 0) is 13.0 Å². The average Bonchev–Trinajstić information content (AvgIpc) is 1.89. The summed E-state index contributed by atoms with van der Waals surface area (Å²) in [6.07, 6.45) is 0.536. The summed E-state index contributed by atoms with van der Waals surface area (Å²) in [7, 11) is 1.63. The Bertz CT molecular complexity index is 87.1. The molecule has 3 heteroatoms. The molecule has 0 amide bonds. The van der Waals surface area contributed by atoms with Crippen molar-refractivity contribution in [2.45, 2.75) is 18.6 Å². The van der Waals surface area contributed by atoms with E-state index in [0.717, 1.165) is 19.5 Å². The van der Waals surface area contributed by atoms with Gasteiger partial charge in [-0.1, -0.05) is 0 Å². The smallest absolute Gasteiger partial charge is 0.0954 e.